The predicted octanol–water partition coefficient (Wildman–Crippen LogP) is 3.47. The summed E-state index contributed by atoms with van der Waals surface area (Å²) < 4.78 is 27.2. The molecule has 2 aliphatic heterocycles. The van der Waals surface area contributed by atoms with Crippen LogP contribution in [0.25, 0.3) is 0 Å². The SMILES string of the molecule is O=C(NC1CCN(c2ccc(F)cc2F)C1)N1CCCN(c2ccccc2)CC1. The number of rotatable bonds is 3. The van der Waals surface area contributed by atoms with E-state index in [2.05, 4.69) is 22.3 Å². The van der Waals surface area contributed by atoms with Crippen LogP contribution in [0.3, 0.4) is 0 Å². The number of halogens is 2. The van der Waals surface area contributed by atoms with E-state index in [4.69, 9.17) is 0 Å². The number of urea groups is 1. The number of anilines is 2. The maximum Gasteiger partial charge on any atom is 0.317 e. The van der Waals surface area contributed by atoms with Gasteiger partial charge in [0.25, 0.3) is 0 Å². The molecule has 154 valence electrons. The van der Waals surface area contributed by atoms with Gasteiger partial charge in [-0.3, -0.25) is 0 Å². The van der Waals surface area contributed by atoms with Crippen LogP contribution in [0.2, 0.25) is 0 Å². The molecule has 2 saturated heterocycles. The Morgan fingerprint density at radius 3 is 2.55 bits per heavy atom. The fourth-order valence-corrected chi connectivity index (χ4v) is 4.12. The molecule has 4 rings (SSSR count). The maximum absolute atomic E-state index is 14.0. The van der Waals surface area contributed by atoms with Crippen LogP contribution >= 0.6 is 0 Å². The summed E-state index contributed by atoms with van der Waals surface area (Å²) in [5.41, 5.74) is 1.57. The van der Waals surface area contributed by atoms with E-state index in [1.807, 2.05) is 28.0 Å². The molecular formula is C22H26F2N4O. The fraction of sp³-hybridized carbons (Fsp3) is 0.409. The lowest BCUT2D eigenvalue weighted by Gasteiger charge is -2.25. The van der Waals surface area contributed by atoms with Crippen LogP contribution in [0.4, 0.5) is 25.0 Å². The zero-order valence-corrected chi connectivity index (χ0v) is 16.4. The van der Waals surface area contributed by atoms with E-state index in [1.165, 1.54) is 17.8 Å². The Hall–Kier alpha value is -2.83. The van der Waals surface area contributed by atoms with Crippen LogP contribution in [0, 0.1) is 11.6 Å². The first-order chi connectivity index (χ1) is 14.1. The van der Waals surface area contributed by atoms with Gasteiger partial charge in [0.1, 0.15) is 11.6 Å². The third-order valence-corrected chi connectivity index (χ3v) is 5.67. The van der Waals surface area contributed by atoms with Crippen LogP contribution in [-0.2, 0) is 0 Å². The lowest BCUT2D eigenvalue weighted by Crippen LogP contribution is -2.47. The molecule has 5 nitrogen and oxygen atoms in total. The molecule has 1 atom stereocenters. The fourth-order valence-electron chi connectivity index (χ4n) is 4.12. The number of hydrogen-bond donors (Lipinski definition) is 1. The van der Waals surface area contributed by atoms with Gasteiger partial charge in [0.15, 0.2) is 0 Å². The number of benzene rings is 2. The molecule has 0 spiro atoms. The van der Waals surface area contributed by atoms with E-state index in [9.17, 15) is 13.6 Å². The quantitative estimate of drug-likeness (QED) is 0.858. The lowest BCUT2D eigenvalue weighted by atomic mass is 10.2. The Bertz CT molecular complexity index is 848. The Morgan fingerprint density at radius 1 is 0.931 bits per heavy atom. The molecule has 0 bridgehead atoms. The molecule has 2 heterocycles. The van der Waals surface area contributed by atoms with Crippen molar-refractivity contribution in [2.75, 3.05) is 49.1 Å². The average Bonchev–Trinajstić information content (AvgIpc) is 3.03. The molecule has 1 N–H and O–H groups in total. The molecule has 0 aromatic heterocycles. The first-order valence-corrected chi connectivity index (χ1v) is 10.2. The molecule has 0 saturated carbocycles. The highest BCUT2D eigenvalue weighted by atomic mass is 19.1. The van der Waals surface area contributed by atoms with Crippen molar-refractivity contribution in [1.82, 2.24) is 10.2 Å². The van der Waals surface area contributed by atoms with Gasteiger partial charge >= 0.3 is 6.03 Å². The molecule has 7 heteroatoms. The van der Waals surface area contributed by atoms with Crippen molar-refractivity contribution in [3.05, 3.63) is 60.2 Å². The van der Waals surface area contributed by atoms with Crippen LogP contribution < -0.4 is 15.1 Å². The molecule has 29 heavy (non-hydrogen) atoms. The number of nitrogens with one attached hydrogen (secondary N) is 1. The highest BCUT2D eigenvalue weighted by Crippen LogP contribution is 2.24. The second kappa shape index (κ2) is 8.68. The van der Waals surface area contributed by atoms with Crippen LogP contribution in [0.1, 0.15) is 12.8 Å². The zero-order valence-electron chi connectivity index (χ0n) is 16.4. The Kier molecular flexibility index (Phi) is 5.83. The van der Waals surface area contributed by atoms with Gasteiger partial charge in [-0.05, 0) is 37.1 Å². The summed E-state index contributed by atoms with van der Waals surface area (Å²) in [6.45, 7) is 4.28. The summed E-state index contributed by atoms with van der Waals surface area (Å²) in [5, 5.41) is 3.09. The molecule has 0 aliphatic carbocycles. The molecule has 1 unspecified atom stereocenters. The van der Waals surface area contributed by atoms with Gasteiger partial charge in [0.05, 0.1) is 5.69 Å². The van der Waals surface area contributed by atoms with Gasteiger partial charge in [-0.15, -0.1) is 0 Å². The standard InChI is InChI=1S/C22H26F2N4O/c23-17-7-8-21(20(24)15-17)28-12-9-18(16-28)25-22(29)27-11-4-10-26(13-14-27)19-5-2-1-3-6-19/h1-3,5-8,15,18H,4,9-14,16H2,(H,25,29). The minimum absolute atomic E-state index is 0.0413. The second-order valence-electron chi connectivity index (χ2n) is 7.64. The first kappa shape index (κ1) is 19.5. The van der Waals surface area contributed by atoms with E-state index in [0.717, 1.165) is 38.5 Å². The summed E-state index contributed by atoms with van der Waals surface area (Å²) in [6, 6.07) is 13.8. The van der Waals surface area contributed by atoms with Gasteiger partial charge in [-0.25, -0.2) is 13.6 Å². The van der Waals surface area contributed by atoms with Crippen molar-refractivity contribution in [3.63, 3.8) is 0 Å². The van der Waals surface area contributed by atoms with Crippen molar-refractivity contribution in [2.45, 2.75) is 18.9 Å². The van der Waals surface area contributed by atoms with Gasteiger partial charge in [-0.1, -0.05) is 18.2 Å². The van der Waals surface area contributed by atoms with Gasteiger partial charge < -0.3 is 20.0 Å². The van der Waals surface area contributed by atoms with E-state index in [0.29, 0.717) is 25.3 Å². The Balaban J connectivity index is 1.30. The Morgan fingerprint density at radius 2 is 1.76 bits per heavy atom. The number of carbonyl (C=O) groups excluding carboxylic acids is 1. The minimum Gasteiger partial charge on any atom is -0.370 e. The summed E-state index contributed by atoms with van der Waals surface area (Å²) in [4.78, 5) is 18.8. The molecule has 2 aliphatic rings. The monoisotopic (exact) mass is 400 g/mol. The number of hydrogen-bond acceptors (Lipinski definition) is 3. The maximum atomic E-state index is 14.0. The van der Waals surface area contributed by atoms with Crippen molar-refractivity contribution in [2.24, 2.45) is 0 Å². The summed E-state index contributed by atoms with van der Waals surface area (Å²) in [7, 11) is 0. The van der Waals surface area contributed by atoms with E-state index in [-0.39, 0.29) is 12.1 Å². The van der Waals surface area contributed by atoms with Crippen molar-refractivity contribution in [3.8, 4) is 0 Å². The normalized spacial score (nSPS) is 19.9. The van der Waals surface area contributed by atoms with Gasteiger partial charge in [0, 0.05) is 57.1 Å². The highest BCUT2D eigenvalue weighted by Gasteiger charge is 2.28. The van der Waals surface area contributed by atoms with Crippen molar-refractivity contribution in [1.29, 1.82) is 0 Å². The number of amides is 2. The van der Waals surface area contributed by atoms with Crippen LogP contribution in [-0.4, -0.2) is 56.2 Å². The van der Waals surface area contributed by atoms with Crippen LogP contribution in [0.15, 0.2) is 48.5 Å². The highest BCUT2D eigenvalue weighted by molar-refractivity contribution is 5.75. The zero-order chi connectivity index (χ0) is 20.2. The number of nitrogens with zero attached hydrogens (tertiary/aromatic N) is 3. The van der Waals surface area contributed by atoms with Crippen LogP contribution in [0.5, 0.6) is 0 Å². The Labute approximate surface area is 169 Å². The molecule has 0 radical (unpaired) electrons. The molecule has 2 aromatic carbocycles. The second-order valence-corrected chi connectivity index (χ2v) is 7.64. The topological polar surface area (TPSA) is 38.8 Å². The van der Waals surface area contributed by atoms with Crippen molar-refractivity contribution >= 4 is 17.4 Å². The predicted molar refractivity (Wildman–Crippen MR) is 110 cm³/mol. The summed E-state index contributed by atoms with van der Waals surface area (Å²) in [5.74, 6) is -1.15. The molecule has 2 fully saturated rings. The number of para-hydroxylation sites is 1. The van der Waals surface area contributed by atoms with E-state index in [1.54, 1.807) is 0 Å². The van der Waals surface area contributed by atoms with Crippen molar-refractivity contribution < 1.29 is 13.6 Å². The van der Waals surface area contributed by atoms with E-state index >= 15 is 0 Å². The third kappa shape index (κ3) is 4.60. The summed E-state index contributed by atoms with van der Waals surface area (Å²) >= 11 is 0. The van der Waals surface area contributed by atoms with Gasteiger partial charge in [-0.2, -0.15) is 0 Å². The largest absolute Gasteiger partial charge is 0.370 e. The summed E-state index contributed by atoms with van der Waals surface area (Å²) in [6.07, 6.45) is 1.66. The molecule has 2 aromatic rings. The minimum atomic E-state index is -0.582. The van der Waals surface area contributed by atoms with E-state index < -0.39 is 11.6 Å². The lowest BCUT2D eigenvalue weighted by molar-refractivity contribution is 0.198. The number of carbonyl (C=O) groups is 1. The first-order valence-electron chi connectivity index (χ1n) is 10.2. The molecule has 2 amide bonds. The smallest absolute Gasteiger partial charge is 0.317 e. The molecular weight excluding hydrogens is 374 g/mol. The average molecular weight is 400 g/mol. The third-order valence-electron chi connectivity index (χ3n) is 5.67. The van der Waals surface area contributed by atoms with Gasteiger partial charge in [0.2, 0.25) is 0 Å².